The highest BCUT2D eigenvalue weighted by molar-refractivity contribution is 6.43. The molecule has 0 aliphatic carbocycles. The molecule has 0 fully saturated rings. The first kappa shape index (κ1) is 19.9. The van der Waals surface area contributed by atoms with Crippen molar-refractivity contribution in [3.63, 3.8) is 0 Å². The molecule has 0 bridgehead atoms. The normalized spacial score (nSPS) is 13.1. The molecule has 0 unspecified atom stereocenters. The molecule has 27 heavy (non-hydrogen) atoms. The van der Waals surface area contributed by atoms with E-state index in [0.29, 0.717) is 45.4 Å². The topological polar surface area (TPSA) is 48.0 Å². The van der Waals surface area contributed by atoms with Crippen molar-refractivity contribution < 1.29 is 19.0 Å². The molecule has 0 aromatic heterocycles. The van der Waals surface area contributed by atoms with Crippen molar-refractivity contribution >= 4 is 40.7 Å². The zero-order valence-electron chi connectivity index (χ0n) is 14.9. The Kier molecular flexibility index (Phi) is 6.25. The largest absolute Gasteiger partial charge is 0.493 e. The number of hydrogen-bond acceptors (Lipinski definition) is 4. The monoisotopic (exact) mass is 429 g/mol. The summed E-state index contributed by atoms with van der Waals surface area (Å²) in [5, 5.41) is 0.951. The fraction of sp³-hybridized carbons (Fsp3) is 0.316. The number of amides is 1. The second-order valence-electron chi connectivity index (χ2n) is 6.03. The van der Waals surface area contributed by atoms with Crippen molar-refractivity contribution in [1.29, 1.82) is 0 Å². The lowest BCUT2D eigenvalue weighted by Gasteiger charge is -2.29. The highest BCUT2D eigenvalue weighted by Crippen LogP contribution is 2.35. The summed E-state index contributed by atoms with van der Waals surface area (Å²) in [6, 6.07) is 6.86. The lowest BCUT2D eigenvalue weighted by molar-refractivity contribution is -0.134. The molecule has 3 rings (SSSR count). The Morgan fingerprint density at radius 1 is 0.926 bits per heavy atom. The summed E-state index contributed by atoms with van der Waals surface area (Å²) in [7, 11) is 3.19. The van der Waals surface area contributed by atoms with Gasteiger partial charge in [0.15, 0.2) is 18.1 Å². The molecule has 2 aromatic rings. The molecular weight excluding hydrogens is 413 g/mol. The van der Waals surface area contributed by atoms with Crippen LogP contribution in [0.15, 0.2) is 24.3 Å². The van der Waals surface area contributed by atoms with Gasteiger partial charge in [-0.3, -0.25) is 4.79 Å². The van der Waals surface area contributed by atoms with Gasteiger partial charge in [-0.15, -0.1) is 0 Å². The third-order valence-corrected chi connectivity index (χ3v) is 5.41. The summed E-state index contributed by atoms with van der Waals surface area (Å²) >= 11 is 18.0. The second kappa shape index (κ2) is 8.46. The van der Waals surface area contributed by atoms with Crippen LogP contribution in [-0.2, 0) is 17.8 Å². The molecule has 0 N–H and O–H groups in total. The van der Waals surface area contributed by atoms with Crippen molar-refractivity contribution in [2.75, 3.05) is 27.4 Å². The van der Waals surface area contributed by atoms with Crippen molar-refractivity contribution in [2.24, 2.45) is 0 Å². The van der Waals surface area contributed by atoms with Crippen LogP contribution >= 0.6 is 34.8 Å². The Morgan fingerprint density at radius 3 is 2.22 bits per heavy atom. The van der Waals surface area contributed by atoms with E-state index in [4.69, 9.17) is 49.0 Å². The van der Waals surface area contributed by atoms with Gasteiger partial charge in [0.2, 0.25) is 0 Å². The number of nitrogens with zero attached hydrogens (tertiary/aromatic N) is 1. The Bertz CT molecular complexity index is 873. The van der Waals surface area contributed by atoms with Gasteiger partial charge >= 0.3 is 0 Å². The SMILES string of the molecule is COc1cc2c(cc1OC)CN(C(=O)COc1cc(Cl)c(Cl)cc1Cl)CC2. The lowest BCUT2D eigenvalue weighted by atomic mass is 9.99. The first-order chi connectivity index (χ1) is 12.9. The molecule has 0 radical (unpaired) electrons. The van der Waals surface area contributed by atoms with E-state index in [1.165, 1.54) is 12.1 Å². The number of halogens is 3. The predicted molar refractivity (Wildman–Crippen MR) is 106 cm³/mol. The van der Waals surface area contributed by atoms with E-state index in [-0.39, 0.29) is 12.5 Å². The molecule has 1 aliphatic rings. The number of carbonyl (C=O) groups excluding carboxylic acids is 1. The zero-order valence-corrected chi connectivity index (χ0v) is 17.1. The van der Waals surface area contributed by atoms with Crippen LogP contribution in [0.3, 0.4) is 0 Å². The maximum atomic E-state index is 12.6. The summed E-state index contributed by atoms with van der Waals surface area (Å²) in [6.45, 7) is 0.938. The van der Waals surface area contributed by atoms with Gasteiger partial charge in [0.1, 0.15) is 5.75 Å². The zero-order chi connectivity index (χ0) is 19.6. The minimum atomic E-state index is -0.141. The van der Waals surface area contributed by atoms with Crippen molar-refractivity contribution in [3.05, 3.63) is 50.5 Å². The minimum absolute atomic E-state index is 0.139. The van der Waals surface area contributed by atoms with Gasteiger partial charge in [0, 0.05) is 19.2 Å². The van der Waals surface area contributed by atoms with Gasteiger partial charge in [0.25, 0.3) is 5.91 Å². The van der Waals surface area contributed by atoms with E-state index in [1.807, 2.05) is 12.1 Å². The van der Waals surface area contributed by atoms with Crippen LogP contribution in [0.1, 0.15) is 11.1 Å². The molecule has 0 saturated carbocycles. The maximum absolute atomic E-state index is 12.6. The molecule has 0 atom stereocenters. The van der Waals surface area contributed by atoms with Crippen molar-refractivity contribution in [3.8, 4) is 17.2 Å². The molecule has 0 spiro atoms. The fourth-order valence-corrected chi connectivity index (χ4v) is 3.53. The third-order valence-electron chi connectivity index (χ3n) is 4.40. The van der Waals surface area contributed by atoms with E-state index in [2.05, 4.69) is 0 Å². The molecule has 1 heterocycles. The van der Waals surface area contributed by atoms with Crippen LogP contribution in [0.25, 0.3) is 0 Å². The van der Waals surface area contributed by atoms with Crippen molar-refractivity contribution in [1.82, 2.24) is 4.90 Å². The molecular formula is C19H18Cl3NO4. The van der Waals surface area contributed by atoms with E-state index in [0.717, 1.165) is 17.5 Å². The molecule has 144 valence electrons. The quantitative estimate of drug-likeness (QED) is 0.649. The summed E-state index contributed by atoms with van der Waals surface area (Å²) in [5.74, 6) is 1.51. The number of fused-ring (bicyclic) bond motifs is 1. The molecule has 2 aromatic carbocycles. The van der Waals surface area contributed by atoms with Crippen LogP contribution in [0, 0.1) is 0 Å². The average molecular weight is 431 g/mol. The van der Waals surface area contributed by atoms with Crippen LogP contribution < -0.4 is 14.2 Å². The van der Waals surface area contributed by atoms with E-state index in [1.54, 1.807) is 19.1 Å². The summed E-state index contributed by atoms with van der Waals surface area (Å²) in [6.07, 6.45) is 0.731. The first-order valence-corrected chi connectivity index (χ1v) is 9.35. The second-order valence-corrected chi connectivity index (χ2v) is 7.25. The summed E-state index contributed by atoms with van der Waals surface area (Å²) in [5.41, 5.74) is 2.17. The fourth-order valence-electron chi connectivity index (χ4n) is 2.94. The number of carbonyl (C=O) groups is 1. The van der Waals surface area contributed by atoms with Crippen LogP contribution in [0.5, 0.6) is 17.2 Å². The van der Waals surface area contributed by atoms with Gasteiger partial charge in [-0.05, 0) is 35.7 Å². The number of rotatable bonds is 5. The van der Waals surface area contributed by atoms with E-state index in [9.17, 15) is 4.79 Å². The van der Waals surface area contributed by atoms with Gasteiger partial charge in [-0.1, -0.05) is 34.8 Å². The Labute approximate surface area is 172 Å². The molecule has 0 saturated heterocycles. The lowest BCUT2D eigenvalue weighted by Crippen LogP contribution is -2.38. The van der Waals surface area contributed by atoms with Gasteiger partial charge in [-0.25, -0.2) is 0 Å². The predicted octanol–water partition coefficient (Wildman–Crippen LogP) is 4.63. The van der Waals surface area contributed by atoms with Crippen LogP contribution in [0.4, 0.5) is 0 Å². The van der Waals surface area contributed by atoms with Crippen LogP contribution in [0.2, 0.25) is 15.1 Å². The number of hydrogen-bond donors (Lipinski definition) is 0. The summed E-state index contributed by atoms with van der Waals surface area (Å²) in [4.78, 5) is 14.3. The Hall–Kier alpha value is -1.82. The average Bonchev–Trinajstić information content (AvgIpc) is 2.67. The number of methoxy groups -OCH3 is 2. The minimum Gasteiger partial charge on any atom is -0.493 e. The molecule has 1 aliphatic heterocycles. The molecule has 5 nitrogen and oxygen atoms in total. The first-order valence-electron chi connectivity index (χ1n) is 8.21. The number of ether oxygens (including phenoxy) is 3. The Morgan fingerprint density at radius 2 is 1.56 bits per heavy atom. The van der Waals surface area contributed by atoms with E-state index >= 15 is 0 Å². The Balaban J connectivity index is 1.68. The van der Waals surface area contributed by atoms with Crippen molar-refractivity contribution in [2.45, 2.75) is 13.0 Å². The van der Waals surface area contributed by atoms with Crippen LogP contribution in [-0.4, -0.2) is 38.2 Å². The number of benzene rings is 2. The van der Waals surface area contributed by atoms with Gasteiger partial charge in [0.05, 0.1) is 29.3 Å². The van der Waals surface area contributed by atoms with Gasteiger partial charge in [-0.2, -0.15) is 0 Å². The standard InChI is InChI=1S/C19H18Cl3NO4/c1-25-17-5-11-3-4-23(9-12(11)6-18(17)26-2)19(24)10-27-16-8-14(21)13(20)7-15(16)22/h5-8H,3-4,9-10H2,1-2H3. The molecule has 8 heteroatoms. The smallest absolute Gasteiger partial charge is 0.260 e. The highest BCUT2D eigenvalue weighted by Gasteiger charge is 2.23. The molecule has 1 amide bonds. The summed E-state index contributed by atoms with van der Waals surface area (Å²) < 4.78 is 16.2. The van der Waals surface area contributed by atoms with E-state index < -0.39 is 0 Å². The maximum Gasteiger partial charge on any atom is 0.260 e. The van der Waals surface area contributed by atoms with Gasteiger partial charge < -0.3 is 19.1 Å². The highest BCUT2D eigenvalue weighted by atomic mass is 35.5. The third kappa shape index (κ3) is 4.37.